The van der Waals surface area contributed by atoms with Crippen molar-refractivity contribution in [3.05, 3.63) is 66.1 Å². The molecule has 0 spiro atoms. The van der Waals surface area contributed by atoms with Crippen LogP contribution in [0.2, 0.25) is 0 Å². The number of nitrogens with one attached hydrogen (secondary N) is 1. The molecule has 1 amide bonds. The van der Waals surface area contributed by atoms with Crippen LogP contribution in [0.4, 0.5) is 5.69 Å². The van der Waals surface area contributed by atoms with E-state index in [1.54, 1.807) is 12.1 Å². The second-order valence-corrected chi connectivity index (χ2v) is 6.80. The van der Waals surface area contributed by atoms with E-state index in [1.165, 1.54) is 11.8 Å². The molecule has 2 unspecified atom stereocenters. The maximum atomic E-state index is 12.6. The minimum atomic E-state index is -1.06. The summed E-state index contributed by atoms with van der Waals surface area (Å²) in [6.45, 7) is 6.19. The molecular weight excluding hydrogens is 344 g/mol. The molecule has 0 radical (unpaired) electrons. The van der Waals surface area contributed by atoms with Gasteiger partial charge in [-0.2, -0.15) is 0 Å². The number of carboxylic acid groups (broad SMARTS) is 1. The van der Waals surface area contributed by atoms with Crippen LogP contribution in [0, 0.1) is 0 Å². The number of para-hydroxylation sites is 1. The van der Waals surface area contributed by atoms with Gasteiger partial charge in [-0.1, -0.05) is 24.3 Å². The summed E-state index contributed by atoms with van der Waals surface area (Å²) in [6.07, 6.45) is 4.86. The molecule has 0 saturated heterocycles. The van der Waals surface area contributed by atoms with Gasteiger partial charge < -0.3 is 19.7 Å². The van der Waals surface area contributed by atoms with Gasteiger partial charge in [0, 0.05) is 11.7 Å². The van der Waals surface area contributed by atoms with E-state index in [-0.39, 0.29) is 0 Å². The first kappa shape index (κ1) is 18.8. The molecule has 0 bridgehead atoms. The van der Waals surface area contributed by atoms with E-state index in [0.29, 0.717) is 36.8 Å². The maximum absolute atomic E-state index is 12.6. The molecule has 142 valence electrons. The van der Waals surface area contributed by atoms with E-state index in [1.807, 2.05) is 12.1 Å². The molecule has 2 aromatic rings. The molecule has 6 nitrogen and oxygen atoms in total. The predicted molar refractivity (Wildman–Crippen MR) is 103 cm³/mol. The molecule has 1 aliphatic rings. The van der Waals surface area contributed by atoms with E-state index >= 15 is 0 Å². The Balaban J connectivity index is 1.75. The minimum absolute atomic E-state index is 0.294. The third kappa shape index (κ3) is 4.05. The fourth-order valence-corrected chi connectivity index (χ4v) is 3.47. The highest BCUT2D eigenvalue weighted by atomic mass is 16.4. The van der Waals surface area contributed by atoms with Crippen LogP contribution >= 0.6 is 0 Å². The number of hydrogen-bond donors (Lipinski definition) is 2. The SMILES string of the molecule is C=CCCC(NC(=O)c1ccoc1CN1c2ccccc2CC1C)C(=O)O. The summed E-state index contributed by atoms with van der Waals surface area (Å²) in [5.41, 5.74) is 2.79. The monoisotopic (exact) mass is 368 g/mol. The van der Waals surface area contributed by atoms with Crippen molar-refractivity contribution < 1.29 is 19.1 Å². The van der Waals surface area contributed by atoms with Gasteiger partial charge in [0.25, 0.3) is 5.91 Å². The fourth-order valence-electron chi connectivity index (χ4n) is 3.47. The van der Waals surface area contributed by atoms with Crippen LogP contribution < -0.4 is 10.2 Å². The van der Waals surface area contributed by atoms with Crippen LogP contribution in [-0.4, -0.2) is 29.1 Å². The molecule has 2 heterocycles. The van der Waals surface area contributed by atoms with Gasteiger partial charge in [-0.05, 0) is 43.9 Å². The third-order valence-corrected chi connectivity index (χ3v) is 4.92. The third-order valence-electron chi connectivity index (χ3n) is 4.92. The quantitative estimate of drug-likeness (QED) is 0.698. The van der Waals surface area contributed by atoms with Crippen LogP contribution in [-0.2, 0) is 17.8 Å². The zero-order valence-electron chi connectivity index (χ0n) is 15.4. The van der Waals surface area contributed by atoms with Gasteiger partial charge in [0.05, 0.1) is 18.4 Å². The van der Waals surface area contributed by atoms with E-state index in [0.717, 1.165) is 12.1 Å². The second kappa shape index (κ2) is 8.12. The highest BCUT2D eigenvalue weighted by molar-refractivity contribution is 5.97. The van der Waals surface area contributed by atoms with Crippen molar-refractivity contribution in [1.82, 2.24) is 5.32 Å². The van der Waals surface area contributed by atoms with Crippen molar-refractivity contribution in [1.29, 1.82) is 0 Å². The molecule has 3 rings (SSSR count). The summed E-state index contributed by atoms with van der Waals surface area (Å²) < 4.78 is 5.57. The number of aliphatic carboxylic acids is 1. The standard InChI is InChI=1S/C21H24N2O4/c1-3-4-8-17(21(25)26)22-20(24)16-10-11-27-19(16)13-23-14(2)12-15-7-5-6-9-18(15)23/h3,5-7,9-11,14,17H,1,4,8,12-13H2,2H3,(H,22,24)(H,25,26). The molecule has 0 saturated carbocycles. The maximum Gasteiger partial charge on any atom is 0.326 e. The van der Waals surface area contributed by atoms with Crippen LogP contribution in [0.1, 0.15) is 41.4 Å². The second-order valence-electron chi connectivity index (χ2n) is 6.80. The van der Waals surface area contributed by atoms with E-state index in [2.05, 4.69) is 35.9 Å². The van der Waals surface area contributed by atoms with Gasteiger partial charge >= 0.3 is 5.97 Å². The van der Waals surface area contributed by atoms with Crippen molar-refractivity contribution in [3.63, 3.8) is 0 Å². The number of carbonyl (C=O) groups is 2. The lowest BCUT2D eigenvalue weighted by molar-refractivity contribution is -0.139. The number of allylic oxidation sites excluding steroid dienone is 1. The molecule has 0 aliphatic carbocycles. The van der Waals surface area contributed by atoms with Crippen LogP contribution in [0.5, 0.6) is 0 Å². The smallest absolute Gasteiger partial charge is 0.326 e. The lowest BCUT2D eigenvalue weighted by Crippen LogP contribution is -2.41. The number of rotatable bonds is 8. The van der Waals surface area contributed by atoms with Gasteiger partial charge in [-0.25, -0.2) is 4.79 Å². The number of benzene rings is 1. The van der Waals surface area contributed by atoms with Gasteiger partial charge in [-0.3, -0.25) is 4.79 Å². The zero-order valence-corrected chi connectivity index (χ0v) is 15.4. The predicted octanol–water partition coefficient (Wildman–Crippen LogP) is 3.38. The van der Waals surface area contributed by atoms with Gasteiger partial charge in [0.2, 0.25) is 0 Å². The van der Waals surface area contributed by atoms with E-state index < -0.39 is 17.9 Å². The topological polar surface area (TPSA) is 82.8 Å². The molecule has 1 aromatic heterocycles. The Bertz CT molecular complexity index is 842. The molecular formula is C21H24N2O4. The van der Waals surface area contributed by atoms with Crippen LogP contribution in [0.15, 0.2) is 53.7 Å². The highest BCUT2D eigenvalue weighted by Crippen LogP contribution is 2.33. The molecule has 2 atom stereocenters. The summed E-state index contributed by atoms with van der Waals surface area (Å²) in [4.78, 5) is 26.2. The van der Waals surface area contributed by atoms with Gasteiger partial charge in [0.15, 0.2) is 0 Å². The molecule has 1 aliphatic heterocycles. The lowest BCUT2D eigenvalue weighted by Gasteiger charge is -2.24. The zero-order chi connectivity index (χ0) is 19.4. The Labute approximate surface area is 158 Å². The van der Waals surface area contributed by atoms with Crippen molar-refractivity contribution in [2.24, 2.45) is 0 Å². The number of carbonyl (C=O) groups excluding carboxylic acids is 1. The lowest BCUT2D eigenvalue weighted by atomic mass is 10.1. The molecule has 2 N–H and O–H groups in total. The summed E-state index contributed by atoms with van der Waals surface area (Å²) >= 11 is 0. The Morgan fingerprint density at radius 3 is 2.93 bits per heavy atom. The van der Waals surface area contributed by atoms with E-state index in [4.69, 9.17) is 4.42 Å². The first-order valence-electron chi connectivity index (χ1n) is 9.06. The largest absolute Gasteiger partial charge is 0.480 e. The number of amides is 1. The Morgan fingerprint density at radius 2 is 2.19 bits per heavy atom. The molecule has 0 fully saturated rings. The number of carboxylic acids is 1. The number of fused-ring (bicyclic) bond motifs is 1. The summed E-state index contributed by atoms with van der Waals surface area (Å²) in [7, 11) is 0. The normalized spacial score (nSPS) is 16.6. The number of nitrogens with zero attached hydrogens (tertiary/aromatic N) is 1. The number of hydrogen-bond acceptors (Lipinski definition) is 4. The van der Waals surface area contributed by atoms with Crippen LogP contribution in [0.25, 0.3) is 0 Å². The van der Waals surface area contributed by atoms with Crippen molar-refractivity contribution in [2.75, 3.05) is 4.90 Å². The molecule has 6 heteroatoms. The Morgan fingerprint density at radius 1 is 1.41 bits per heavy atom. The minimum Gasteiger partial charge on any atom is -0.480 e. The Kier molecular flexibility index (Phi) is 5.64. The number of anilines is 1. The van der Waals surface area contributed by atoms with Gasteiger partial charge in [0.1, 0.15) is 11.8 Å². The summed E-state index contributed by atoms with van der Waals surface area (Å²) in [5, 5.41) is 11.9. The summed E-state index contributed by atoms with van der Waals surface area (Å²) in [5.74, 6) is -0.961. The Hall–Kier alpha value is -3.02. The van der Waals surface area contributed by atoms with E-state index in [9.17, 15) is 14.7 Å². The average Bonchev–Trinajstić information content (AvgIpc) is 3.23. The van der Waals surface area contributed by atoms with Gasteiger partial charge in [-0.15, -0.1) is 6.58 Å². The average molecular weight is 368 g/mol. The molecule has 1 aromatic carbocycles. The van der Waals surface area contributed by atoms with Crippen LogP contribution in [0.3, 0.4) is 0 Å². The van der Waals surface area contributed by atoms with Crippen molar-refractivity contribution >= 4 is 17.6 Å². The van der Waals surface area contributed by atoms with Crippen molar-refractivity contribution in [3.8, 4) is 0 Å². The number of furan rings is 1. The highest BCUT2D eigenvalue weighted by Gasteiger charge is 2.29. The van der Waals surface area contributed by atoms with Crippen molar-refractivity contribution in [2.45, 2.75) is 44.8 Å². The fraction of sp³-hybridized carbons (Fsp3) is 0.333. The first-order chi connectivity index (χ1) is 13.0. The molecule has 27 heavy (non-hydrogen) atoms. The summed E-state index contributed by atoms with van der Waals surface area (Å²) in [6, 6.07) is 9.12. The first-order valence-corrected chi connectivity index (χ1v) is 9.06.